The van der Waals surface area contributed by atoms with Crippen LogP contribution in [0.15, 0.2) is 92.6 Å². The number of carbonyl (C=O) groups excluding carboxylic acids is 4. The fraction of sp³-hybridized carbons (Fsp3) is 0.529. The third-order valence-corrected chi connectivity index (χ3v) is 21.5. The van der Waals surface area contributed by atoms with Crippen LogP contribution in [0.25, 0.3) is 33.3 Å². The van der Waals surface area contributed by atoms with Gasteiger partial charge in [-0.05, 0) is 83.9 Å². The van der Waals surface area contributed by atoms with Crippen molar-refractivity contribution in [2.24, 2.45) is 35.5 Å². The molecule has 0 radical (unpaired) electrons. The Kier molecular flexibility index (Phi) is 17.3. The Balaban J connectivity index is 0.850. The minimum Gasteiger partial charge on any atom is -0.507 e. The van der Waals surface area contributed by atoms with E-state index in [1.54, 1.807) is 52.0 Å². The van der Waals surface area contributed by atoms with E-state index in [1.807, 2.05) is 9.80 Å². The van der Waals surface area contributed by atoms with E-state index >= 15 is 14.0 Å². The maximum absolute atomic E-state index is 16.5. The average molecular weight is 1300 g/mol. The SMILES string of the molecule is COC1=C(N2CC[C@@H](C3(N(C)C4CCN(c5cc(O)c6nc7c8c9c%10c(C)c(O)c8c(=O)c(c-7oc6c5)NC(=O)/C(C)=C\C=C\[C@H](C)[C@H](O)[C@@H](C)[C@@H](O)[C@@H](C)[C@H](OC(C)=O)[C@H](C)[C@@H](OC)/C=C/O[C@@](C)(O%10)C9=O)CC4)CC3)C2)C(F)=CC2C(=O)C(C(=O)O)=CN(C3CC3)C12. The number of fused-ring (bicyclic) bond motifs is 15. The van der Waals surface area contributed by atoms with Crippen molar-refractivity contribution >= 4 is 62.7 Å². The molecular formula is C70H83FN6O17. The number of aliphatic hydroxyl groups is 2. The van der Waals surface area contributed by atoms with Crippen molar-refractivity contribution < 1.29 is 82.0 Å². The van der Waals surface area contributed by atoms with Crippen molar-refractivity contribution in [2.45, 2.75) is 154 Å². The van der Waals surface area contributed by atoms with Gasteiger partial charge in [0.1, 0.15) is 69.1 Å². The molecule has 11 aliphatic rings. The van der Waals surface area contributed by atoms with Crippen molar-refractivity contribution in [1.82, 2.24) is 19.7 Å². The molecule has 12 atom stereocenters. The third kappa shape index (κ3) is 11.1. The predicted octanol–water partition coefficient (Wildman–Crippen LogP) is 8.14. The zero-order valence-corrected chi connectivity index (χ0v) is 54.7. The number of carboxylic acid groups (broad SMARTS) is 1. The number of allylic oxidation sites excluding steroid dienone is 3. The first-order valence-electron chi connectivity index (χ1n) is 32.4. The van der Waals surface area contributed by atoms with Crippen LogP contribution in [0, 0.1) is 42.4 Å². The number of anilines is 2. The summed E-state index contributed by atoms with van der Waals surface area (Å²) in [4.78, 5) is 96.3. The van der Waals surface area contributed by atoms with Crippen LogP contribution in [-0.2, 0) is 38.1 Å². The number of carbonyl (C=O) groups is 5. The van der Waals surface area contributed by atoms with Gasteiger partial charge in [-0.1, -0.05) is 45.9 Å². The smallest absolute Gasteiger partial charge is 0.340 e. The maximum atomic E-state index is 16.5. The number of aromatic nitrogens is 1. The summed E-state index contributed by atoms with van der Waals surface area (Å²) in [5.74, 6) is -11.4. The van der Waals surface area contributed by atoms with Crippen molar-refractivity contribution in [2.75, 3.05) is 57.7 Å². The molecule has 502 valence electrons. The van der Waals surface area contributed by atoms with Gasteiger partial charge in [0.05, 0.1) is 48.6 Å². The molecule has 2 aromatic rings. The van der Waals surface area contributed by atoms with Gasteiger partial charge in [-0.2, -0.15) is 0 Å². The summed E-state index contributed by atoms with van der Waals surface area (Å²) in [6, 6.07) is 2.79. The number of halogens is 1. The molecule has 2 aromatic carbocycles. The highest BCUT2D eigenvalue weighted by Crippen LogP contribution is 2.55. The van der Waals surface area contributed by atoms with Crippen molar-refractivity contribution in [3.63, 3.8) is 0 Å². The number of carboxylic acids is 1. The van der Waals surface area contributed by atoms with Crippen LogP contribution in [0.4, 0.5) is 15.8 Å². The van der Waals surface area contributed by atoms with E-state index < -0.39 is 123 Å². The number of aromatic hydroxyl groups is 2. The molecule has 5 bridgehead atoms. The van der Waals surface area contributed by atoms with Gasteiger partial charge < -0.3 is 73.7 Å². The number of hydrogen-bond acceptors (Lipinski definition) is 21. The largest absolute Gasteiger partial charge is 0.507 e. The molecule has 0 aromatic heterocycles. The molecule has 2 unspecified atom stereocenters. The Morgan fingerprint density at radius 2 is 1.61 bits per heavy atom. The summed E-state index contributed by atoms with van der Waals surface area (Å²) >= 11 is 0. The van der Waals surface area contributed by atoms with Crippen molar-refractivity contribution in [3.05, 3.63) is 105 Å². The number of rotatable bonds is 10. The minimum absolute atomic E-state index is 0.00373. The zero-order chi connectivity index (χ0) is 67.5. The lowest BCUT2D eigenvalue weighted by Crippen LogP contribution is -2.52. The number of ether oxygens (including phenoxy) is 5. The molecule has 6 N–H and O–H groups in total. The van der Waals surface area contributed by atoms with E-state index in [0.717, 1.165) is 44.9 Å². The molecule has 2 saturated carbocycles. The predicted molar refractivity (Wildman–Crippen MR) is 343 cm³/mol. The topological polar surface area (TPSA) is 301 Å². The quantitative estimate of drug-likeness (QED) is 0.0378. The summed E-state index contributed by atoms with van der Waals surface area (Å²) in [7, 11) is 5.07. The van der Waals surface area contributed by atoms with Gasteiger partial charge in [0.15, 0.2) is 17.1 Å². The zero-order valence-electron chi connectivity index (χ0n) is 54.7. The molecule has 0 spiro atoms. The van der Waals surface area contributed by atoms with Gasteiger partial charge in [-0.15, -0.1) is 0 Å². The number of aliphatic hydroxyl groups excluding tert-OH is 2. The van der Waals surface area contributed by atoms with E-state index in [4.69, 9.17) is 33.1 Å². The number of benzene rings is 3. The first kappa shape index (κ1) is 65.7. The average Bonchev–Trinajstić information content (AvgIpc) is 1.71. The third-order valence-electron chi connectivity index (χ3n) is 21.5. The van der Waals surface area contributed by atoms with Crippen molar-refractivity contribution in [1.29, 1.82) is 0 Å². The van der Waals surface area contributed by atoms with Crippen LogP contribution in [0.1, 0.15) is 109 Å². The summed E-state index contributed by atoms with van der Waals surface area (Å²) in [5.41, 5.74) is -1.25. The fourth-order valence-corrected chi connectivity index (χ4v) is 15.7. The summed E-state index contributed by atoms with van der Waals surface area (Å²) < 4.78 is 53.3. The minimum atomic E-state index is -2.14. The number of likely N-dealkylation sites (tertiary alicyclic amines) is 1. The lowest BCUT2D eigenvalue weighted by Gasteiger charge is -2.44. The molecule has 4 aliphatic carbocycles. The maximum Gasteiger partial charge on any atom is 0.340 e. The number of phenolic OH excluding ortho intramolecular Hbond substituents is 2. The van der Waals surface area contributed by atoms with Crippen LogP contribution in [0.5, 0.6) is 17.2 Å². The number of methoxy groups -OCH3 is 2. The van der Waals surface area contributed by atoms with Gasteiger partial charge in [-0.25, -0.2) is 14.2 Å². The molecular weight excluding hydrogens is 1220 g/mol. The Bertz CT molecular complexity index is 4020. The first-order valence-corrected chi connectivity index (χ1v) is 32.4. The summed E-state index contributed by atoms with van der Waals surface area (Å²) in [5, 5.41) is 59.4. The van der Waals surface area contributed by atoms with Crippen LogP contribution in [-0.4, -0.2) is 176 Å². The van der Waals surface area contributed by atoms with E-state index in [-0.39, 0.29) is 85.3 Å². The lowest BCUT2D eigenvalue weighted by atomic mass is 9.78. The van der Waals surface area contributed by atoms with E-state index in [9.17, 15) is 44.7 Å². The normalized spacial score (nSPS) is 31.4. The molecule has 7 aliphatic heterocycles. The van der Waals surface area contributed by atoms with E-state index in [2.05, 4.69) is 22.2 Å². The molecule has 94 heavy (non-hydrogen) atoms. The second kappa shape index (κ2) is 24.8. The number of Topliss-reactive ketones (excluding diaryl/α,β-unsaturated/α-hetero) is 2. The number of phenols is 2. The highest BCUT2D eigenvalue weighted by atomic mass is 19.1. The number of piperidine rings is 1. The van der Waals surface area contributed by atoms with Crippen LogP contribution in [0.2, 0.25) is 0 Å². The number of esters is 1. The van der Waals surface area contributed by atoms with Gasteiger partial charge >= 0.3 is 17.7 Å². The molecule has 24 heteroatoms. The molecule has 4 fully saturated rings. The number of aliphatic carboxylic acids is 1. The van der Waals surface area contributed by atoms with Crippen LogP contribution in [0.3, 0.4) is 0 Å². The monoisotopic (exact) mass is 1300 g/mol. The van der Waals surface area contributed by atoms with Gasteiger partial charge in [0.2, 0.25) is 5.43 Å². The Morgan fingerprint density at radius 3 is 2.26 bits per heavy atom. The molecule has 23 nitrogen and oxygen atoms in total. The second-order valence-electron chi connectivity index (χ2n) is 27.2. The Labute approximate surface area is 543 Å². The van der Waals surface area contributed by atoms with E-state index in [0.29, 0.717) is 43.3 Å². The van der Waals surface area contributed by atoms with E-state index in [1.165, 1.54) is 72.6 Å². The number of nitrogens with zero attached hydrogens (tertiary/aromatic N) is 5. The number of ketones is 2. The highest BCUT2D eigenvalue weighted by molar-refractivity contribution is 6.23. The molecule has 2 saturated heterocycles. The fourth-order valence-electron chi connectivity index (χ4n) is 15.7. The van der Waals surface area contributed by atoms with Gasteiger partial charge in [0, 0.05) is 129 Å². The van der Waals surface area contributed by atoms with Crippen LogP contribution >= 0.6 is 0 Å². The molecule has 7 heterocycles. The standard InChI is InChI=1S/C70H83FN6O17/c1-32-13-12-14-33(2)67(86)73-54-61(84)50-49(51-63(37(6)59(50)82)94-69(8,66(51)85)91-26-20-47(89-10)34(3)62(92-38(7)78)36(5)58(81)35(4)57(32)80)53-64(54)93-48-28-42(27-46(79)52(48)72-53)75-24-18-40(19-25-75)74(9)70(21-22-70)39-17-23-76(30-39)56-45(71)29-43-55(65(56)90-11)77(41-15-16-41)31-44(60(43)83)68(87)88/h12-14,20,26-29,31-32,34-36,39-41,43,47,55,57-58,62,79-82H,15-19,21-25,30H2,1-11H3,(H,73,86)(H,87,88)/b13-12+,26-20+,33-14-/t32-,34+,35+,36+,39+,43?,47-,55?,57-,58+,62+,69-/m0/s1. The molecule has 13 rings (SSSR count). The molecule has 1 amide bonds. The second-order valence-corrected chi connectivity index (χ2v) is 27.2. The Hall–Kier alpha value is -8.32. The van der Waals surface area contributed by atoms with Gasteiger partial charge in [0.25, 0.3) is 11.7 Å². The van der Waals surface area contributed by atoms with Gasteiger partial charge in [-0.3, -0.25) is 28.9 Å². The first-order chi connectivity index (χ1) is 44.6. The summed E-state index contributed by atoms with van der Waals surface area (Å²) in [6.45, 7) is 14.7. The van der Waals surface area contributed by atoms with Crippen LogP contribution < -0.4 is 20.4 Å². The Morgan fingerprint density at radius 1 is 0.904 bits per heavy atom. The van der Waals surface area contributed by atoms with Crippen molar-refractivity contribution in [3.8, 4) is 28.7 Å². The lowest BCUT2D eigenvalue weighted by molar-refractivity contribution is -0.160. The summed E-state index contributed by atoms with van der Waals surface area (Å²) in [6.07, 6.45) is 11.8. The highest BCUT2D eigenvalue weighted by Gasteiger charge is 2.58. The number of amides is 1. The number of hydrogen-bond donors (Lipinski definition) is 6. The number of nitrogens with one attached hydrogen (secondary N) is 1.